The number of benzene rings is 1. The molecule has 0 saturated carbocycles. The second-order valence-electron chi connectivity index (χ2n) is 8.04. The van der Waals surface area contributed by atoms with Crippen molar-refractivity contribution in [2.45, 2.75) is 97.0 Å². The van der Waals surface area contributed by atoms with Crippen molar-refractivity contribution in [1.29, 1.82) is 0 Å². The fraction of sp³-hybridized carbons (Fsp3) is 0.727. The summed E-state index contributed by atoms with van der Waals surface area (Å²) in [6, 6.07) is 10.8. The van der Waals surface area contributed by atoms with E-state index in [0.717, 1.165) is 25.7 Å². The monoisotopic (exact) mass is 317 g/mol. The van der Waals surface area contributed by atoms with Crippen LogP contribution >= 0.6 is 0 Å². The lowest BCUT2D eigenvalue weighted by Crippen LogP contribution is -2.36. The van der Waals surface area contributed by atoms with E-state index >= 15 is 0 Å². The lowest BCUT2D eigenvalue weighted by atomic mass is 9.67. The van der Waals surface area contributed by atoms with Gasteiger partial charge >= 0.3 is 0 Å². The molecule has 0 amide bonds. The molecule has 0 aliphatic heterocycles. The summed E-state index contributed by atoms with van der Waals surface area (Å²) in [6.45, 7) is 11.0. The van der Waals surface area contributed by atoms with Crippen LogP contribution < -0.4 is 0 Å². The topological polar surface area (TPSA) is 19.9 Å². The van der Waals surface area contributed by atoms with Gasteiger partial charge < -0.3 is 0 Å². The molecule has 1 rings (SSSR count). The smallest absolute Gasteiger partial charge is 0.101 e. The summed E-state index contributed by atoms with van der Waals surface area (Å²) in [5.74, 6) is 0.454. The Labute approximate surface area is 144 Å². The maximum absolute atomic E-state index is 13.0. The van der Waals surface area contributed by atoms with Crippen molar-refractivity contribution in [1.82, 2.24) is 0 Å². The van der Waals surface area contributed by atoms with Crippen LogP contribution in [0.4, 0.5) is 0 Å². The van der Waals surface area contributed by atoms with Gasteiger partial charge in [-0.25, -0.2) is 5.11 Å². The summed E-state index contributed by atoms with van der Waals surface area (Å²) < 4.78 is 0. The molecule has 1 heteroatoms. The second kappa shape index (κ2) is 9.47. The van der Waals surface area contributed by atoms with Gasteiger partial charge in [0.2, 0.25) is 0 Å². The largest absolute Gasteiger partial charge is 0.230 e. The van der Waals surface area contributed by atoms with Gasteiger partial charge in [0.1, 0.15) is 5.60 Å². The van der Waals surface area contributed by atoms with Crippen LogP contribution in [0.1, 0.15) is 91.5 Å². The zero-order valence-corrected chi connectivity index (χ0v) is 16.0. The van der Waals surface area contributed by atoms with Gasteiger partial charge in [-0.05, 0) is 43.1 Å². The van der Waals surface area contributed by atoms with Crippen molar-refractivity contribution >= 4 is 0 Å². The Morgan fingerprint density at radius 2 is 1.52 bits per heavy atom. The molecule has 131 valence electrons. The Morgan fingerprint density at radius 3 is 2.09 bits per heavy atom. The number of rotatable bonds is 11. The molecule has 1 aromatic rings. The predicted molar refractivity (Wildman–Crippen MR) is 100 cm³/mol. The minimum Gasteiger partial charge on any atom is -0.230 e. The highest BCUT2D eigenvalue weighted by Gasteiger charge is 2.36. The first-order valence-corrected chi connectivity index (χ1v) is 9.59. The molecule has 0 spiro atoms. The second-order valence-corrected chi connectivity index (χ2v) is 8.04. The average molecular weight is 318 g/mol. The first kappa shape index (κ1) is 20.2. The maximum atomic E-state index is 13.0. The molecule has 0 N–H and O–H groups in total. The summed E-state index contributed by atoms with van der Waals surface area (Å²) in [5.41, 5.74) is 0.638. The Kier molecular flexibility index (Phi) is 8.33. The Hall–Kier alpha value is -0.820. The molecule has 1 aromatic carbocycles. The molecular weight excluding hydrogens is 280 g/mol. The zero-order valence-electron chi connectivity index (χ0n) is 16.0. The normalized spacial score (nSPS) is 16.1. The average Bonchev–Trinajstić information content (AvgIpc) is 2.53. The van der Waals surface area contributed by atoms with E-state index < -0.39 is 5.60 Å². The molecule has 23 heavy (non-hydrogen) atoms. The van der Waals surface area contributed by atoms with E-state index in [2.05, 4.69) is 58.0 Å². The van der Waals surface area contributed by atoms with Gasteiger partial charge in [-0.2, -0.15) is 0 Å². The van der Waals surface area contributed by atoms with Gasteiger partial charge in [0.05, 0.1) is 0 Å². The van der Waals surface area contributed by atoms with Crippen LogP contribution in [0, 0.1) is 5.92 Å². The standard InChI is InChI=1S/C22H37O/c1-6-8-11-16-20(18-22(5,23)17-9-7-2)21(3,4)19-14-12-10-13-15-19/h10,12-15,20H,6-9,11,16-18H2,1-5H3. The van der Waals surface area contributed by atoms with E-state index in [4.69, 9.17) is 0 Å². The van der Waals surface area contributed by atoms with E-state index in [1.165, 1.54) is 31.2 Å². The van der Waals surface area contributed by atoms with Gasteiger partial charge in [0, 0.05) is 0 Å². The minimum absolute atomic E-state index is 0.0624. The first-order valence-electron chi connectivity index (χ1n) is 9.59. The van der Waals surface area contributed by atoms with Crippen molar-refractivity contribution in [3.63, 3.8) is 0 Å². The maximum Gasteiger partial charge on any atom is 0.101 e. The van der Waals surface area contributed by atoms with E-state index in [-0.39, 0.29) is 5.41 Å². The Bertz CT molecular complexity index is 419. The Morgan fingerprint density at radius 1 is 0.913 bits per heavy atom. The summed E-state index contributed by atoms with van der Waals surface area (Å²) >= 11 is 0. The quantitative estimate of drug-likeness (QED) is 0.394. The fourth-order valence-electron chi connectivity index (χ4n) is 3.64. The van der Waals surface area contributed by atoms with E-state index in [1.807, 2.05) is 6.92 Å². The van der Waals surface area contributed by atoms with Crippen LogP contribution in [0.15, 0.2) is 30.3 Å². The van der Waals surface area contributed by atoms with E-state index in [9.17, 15) is 5.11 Å². The van der Waals surface area contributed by atoms with Gasteiger partial charge in [-0.1, -0.05) is 90.1 Å². The van der Waals surface area contributed by atoms with Crippen LogP contribution in [0.3, 0.4) is 0 Å². The highest BCUT2D eigenvalue weighted by molar-refractivity contribution is 5.24. The third-order valence-corrected chi connectivity index (χ3v) is 5.43. The molecule has 0 aliphatic rings. The first-order chi connectivity index (χ1) is 10.8. The van der Waals surface area contributed by atoms with Gasteiger partial charge in [-0.15, -0.1) is 0 Å². The number of hydrogen-bond donors (Lipinski definition) is 0. The number of hydrogen-bond acceptors (Lipinski definition) is 0. The lowest BCUT2D eigenvalue weighted by molar-refractivity contribution is -0.0496. The SMILES string of the molecule is CCCCCC(CC(C)([O])CCCC)C(C)(C)c1ccccc1. The summed E-state index contributed by atoms with van der Waals surface area (Å²) in [6.07, 6.45) is 8.67. The Balaban J connectivity index is 2.90. The summed E-state index contributed by atoms with van der Waals surface area (Å²) in [4.78, 5) is 0. The number of unbranched alkanes of at least 4 members (excludes halogenated alkanes) is 3. The van der Waals surface area contributed by atoms with Crippen molar-refractivity contribution in [3.8, 4) is 0 Å². The molecular formula is C22H37O. The molecule has 2 atom stereocenters. The highest BCUT2D eigenvalue weighted by atomic mass is 16.3. The van der Waals surface area contributed by atoms with Crippen LogP contribution in [0.2, 0.25) is 0 Å². The molecule has 1 radical (unpaired) electrons. The predicted octanol–water partition coefficient (Wildman–Crippen LogP) is 6.93. The lowest BCUT2D eigenvalue weighted by Gasteiger charge is -2.39. The van der Waals surface area contributed by atoms with Crippen molar-refractivity contribution in [2.75, 3.05) is 0 Å². The summed E-state index contributed by atoms with van der Waals surface area (Å²) in [7, 11) is 0. The zero-order chi connectivity index (χ0) is 17.3. The van der Waals surface area contributed by atoms with Crippen molar-refractivity contribution < 1.29 is 5.11 Å². The minimum atomic E-state index is -0.793. The third-order valence-electron chi connectivity index (χ3n) is 5.43. The van der Waals surface area contributed by atoms with Crippen LogP contribution in [-0.4, -0.2) is 5.60 Å². The molecule has 0 bridgehead atoms. The fourth-order valence-corrected chi connectivity index (χ4v) is 3.64. The van der Waals surface area contributed by atoms with Crippen molar-refractivity contribution in [3.05, 3.63) is 35.9 Å². The highest BCUT2D eigenvalue weighted by Crippen LogP contribution is 2.40. The van der Waals surface area contributed by atoms with Crippen LogP contribution in [0.25, 0.3) is 0 Å². The van der Waals surface area contributed by atoms with Crippen molar-refractivity contribution in [2.24, 2.45) is 5.92 Å². The molecule has 2 unspecified atom stereocenters. The molecule has 0 aromatic heterocycles. The molecule has 1 nitrogen and oxygen atoms in total. The molecule has 0 saturated heterocycles. The molecule has 0 heterocycles. The van der Waals surface area contributed by atoms with Crippen LogP contribution in [-0.2, 0) is 10.5 Å². The summed E-state index contributed by atoms with van der Waals surface area (Å²) in [5, 5.41) is 13.0. The van der Waals surface area contributed by atoms with Gasteiger partial charge in [0.15, 0.2) is 0 Å². The van der Waals surface area contributed by atoms with Gasteiger partial charge in [0.25, 0.3) is 0 Å². The third kappa shape index (κ3) is 6.67. The van der Waals surface area contributed by atoms with Gasteiger partial charge in [-0.3, -0.25) is 0 Å². The molecule has 0 aliphatic carbocycles. The van der Waals surface area contributed by atoms with E-state index in [0.29, 0.717) is 5.92 Å². The van der Waals surface area contributed by atoms with Crippen LogP contribution in [0.5, 0.6) is 0 Å². The van der Waals surface area contributed by atoms with E-state index in [1.54, 1.807) is 0 Å². The molecule has 0 fully saturated rings.